The molecule has 0 unspecified atom stereocenters. The highest BCUT2D eigenvalue weighted by Crippen LogP contribution is 2.21. The second-order valence-corrected chi connectivity index (χ2v) is 5.43. The first-order chi connectivity index (χ1) is 8.95. The van der Waals surface area contributed by atoms with Crippen LogP contribution >= 0.6 is 0 Å². The van der Waals surface area contributed by atoms with Crippen LogP contribution in [0.3, 0.4) is 0 Å². The average Bonchev–Trinajstić information content (AvgIpc) is 2.35. The number of aromatic nitrogens is 2. The highest BCUT2D eigenvalue weighted by Gasteiger charge is 2.18. The Labute approximate surface area is 115 Å². The highest BCUT2D eigenvalue weighted by atomic mass is 19.1. The predicted octanol–water partition coefficient (Wildman–Crippen LogP) is 3.31. The summed E-state index contributed by atoms with van der Waals surface area (Å²) < 4.78 is 14.0. The molecule has 1 N–H and O–H groups in total. The largest absolute Gasteiger partial charge is 0.354 e. The molecule has 5 heteroatoms. The van der Waals surface area contributed by atoms with Gasteiger partial charge in [-0.25, -0.2) is 9.37 Å². The molecule has 0 aromatic carbocycles. The van der Waals surface area contributed by atoms with Crippen LogP contribution in [0, 0.1) is 11.7 Å². The number of hydrogen-bond donors (Lipinski definition) is 1. The van der Waals surface area contributed by atoms with Crippen LogP contribution in [0.15, 0.2) is 6.20 Å². The zero-order valence-electron chi connectivity index (χ0n) is 12.6. The summed E-state index contributed by atoms with van der Waals surface area (Å²) in [5.41, 5.74) is 0. The average molecular weight is 268 g/mol. The molecule has 1 heterocycles. The van der Waals surface area contributed by atoms with Gasteiger partial charge in [-0.3, -0.25) is 0 Å². The first kappa shape index (κ1) is 15.7. The molecule has 0 saturated heterocycles. The number of nitrogens with one attached hydrogen (secondary N) is 1. The van der Waals surface area contributed by atoms with Crippen molar-refractivity contribution in [2.24, 2.45) is 5.92 Å². The molecule has 0 aliphatic heterocycles. The van der Waals surface area contributed by atoms with E-state index in [1.54, 1.807) is 0 Å². The quantitative estimate of drug-likeness (QED) is 0.823. The Balaban J connectivity index is 2.99. The summed E-state index contributed by atoms with van der Waals surface area (Å²) in [7, 11) is 0. The maximum absolute atomic E-state index is 14.0. The van der Waals surface area contributed by atoms with Crippen LogP contribution in [0.1, 0.15) is 41.0 Å². The second kappa shape index (κ2) is 7.26. The van der Waals surface area contributed by atoms with E-state index < -0.39 is 0 Å². The van der Waals surface area contributed by atoms with Gasteiger partial charge in [0.25, 0.3) is 0 Å². The molecule has 108 valence electrons. The lowest BCUT2D eigenvalue weighted by atomic mass is 10.2. The van der Waals surface area contributed by atoms with Crippen LogP contribution < -0.4 is 10.2 Å². The molecule has 1 aromatic rings. The maximum Gasteiger partial charge on any atom is 0.224 e. The lowest BCUT2D eigenvalue weighted by Crippen LogP contribution is -2.35. The van der Waals surface area contributed by atoms with Gasteiger partial charge < -0.3 is 10.2 Å². The number of nitrogens with zero attached hydrogens (tertiary/aromatic N) is 3. The monoisotopic (exact) mass is 268 g/mol. The van der Waals surface area contributed by atoms with Gasteiger partial charge in [-0.15, -0.1) is 0 Å². The molecule has 0 bridgehead atoms. The molecule has 19 heavy (non-hydrogen) atoms. The fourth-order valence-corrected chi connectivity index (χ4v) is 1.82. The normalized spacial score (nSPS) is 11.2. The number of anilines is 2. The van der Waals surface area contributed by atoms with E-state index in [-0.39, 0.29) is 11.9 Å². The fraction of sp³-hybridized carbons (Fsp3) is 0.714. The minimum absolute atomic E-state index is 0.200. The van der Waals surface area contributed by atoms with Crippen molar-refractivity contribution in [1.29, 1.82) is 0 Å². The second-order valence-electron chi connectivity index (χ2n) is 5.43. The first-order valence-corrected chi connectivity index (χ1v) is 6.98. The first-order valence-electron chi connectivity index (χ1n) is 6.98. The van der Waals surface area contributed by atoms with E-state index in [1.807, 2.05) is 18.7 Å². The van der Waals surface area contributed by atoms with Crippen LogP contribution in [0.25, 0.3) is 0 Å². The summed E-state index contributed by atoms with van der Waals surface area (Å²) in [6.45, 7) is 12.0. The van der Waals surface area contributed by atoms with Gasteiger partial charge in [0.2, 0.25) is 5.95 Å². The molecule has 0 atom stereocenters. The summed E-state index contributed by atoms with van der Waals surface area (Å²) >= 11 is 0. The van der Waals surface area contributed by atoms with Crippen molar-refractivity contribution in [2.45, 2.75) is 47.1 Å². The Morgan fingerprint density at radius 3 is 2.53 bits per heavy atom. The van der Waals surface area contributed by atoms with Crippen molar-refractivity contribution in [3.63, 3.8) is 0 Å². The third-order valence-corrected chi connectivity index (χ3v) is 2.72. The minimum Gasteiger partial charge on any atom is -0.354 e. The summed E-state index contributed by atoms with van der Waals surface area (Å²) in [5, 5.41) is 3.09. The molecule has 0 aliphatic rings. The Morgan fingerprint density at radius 2 is 2.00 bits per heavy atom. The SMILES string of the molecule is CCCNc1ncc(F)c(N(CC(C)C)C(C)C)n1. The zero-order chi connectivity index (χ0) is 14.4. The predicted molar refractivity (Wildman–Crippen MR) is 78.1 cm³/mol. The summed E-state index contributed by atoms with van der Waals surface area (Å²) in [4.78, 5) is 10.3. The third kappa shape index (κ3) is 4.65. The van der Waals surface area contributed by atoms with Crippen LogP contribution in [0.5, 0.6) is 0 Å². The molecule has 0 saturated carbocycles. The molecule has 1 aromatic heterocycles. The van der Waals surface area contributed by atoms with Crippen LogP contribution in [0.2, 0.25) is 0 Å². The fourth-order valence-electron chi connectivity index (χ4n) is 1.82. The Hall–Kier alpha value is -1.39. The third-order valence-electron chi connectivity index (χ3n) is 2.72. The van der Waals surface area contributed by atoms with Crippen LogP contribution in [-0.4, -0.2) is 29.1 Å². The van der Waals surface area contributed by atoms with Crippen LogP contribution in [-0.2, 0) is 0 Å². The van der Waals surface area contributed by atoms with Crippen LogP contribution in [0.4, 0.5) is 16.2 Å². The number of hydrogen-bond acceptors (Lipinski definition) is 4. The van der Waals surface area contributed by atoms with Crippen molar-refractivity contribution in [2.75, 3.05) is 23.3 Å². The summed E-state index contributed by atoms with van der Waals surface area (Å²) in [6.07, 6.45) is 2.23. The Kier molecular flexibility index (Phi) is 5.99. The van der Waals surface area contributed by atoms with Gasteiger partial charge in [-0.05, 0) is 26.2 Å². The van der Waals surface area contributed by atoms with Crippen molar-refractivity contribution in [3.8, 4) is 0 Å². The van der Waals surface area contributed by atoms with Crippen molar-refractivity contribution < 1.29 is 4.39 Å². The van der Waals surface area contributed by atoms with Gasteiger partial charge in [0, 0.05) is 19.1 Å². The van der Waals surface area contributed by atoms with E-state index in [4.69, 9.17) is 0 Å². The van der Waals surface area contributed by atoms with Crippen molar-refractivity contribution in [3.05, 3.63) is 12.0 Å². The van der Waals surface area contributed by atoms with E-state index in [2.05, 4.69) is 36.1 Å². The van der Waals surface area contributed by atoms with E-state index in [0.29, 0.717) is 17.7 Å². The molecule has 4 nitrogen and oxygen atoms in total. The van der Waals surface area contributed by atoms with Gasteiger partial charge in [0.15, 0.2) is 11.6 Å². The van der Waals surface area contributed by atoms with E-state index in [0.717, 1.165) is 19.5 Å². The molecule has 0 radical (unpaired) electrons. The number of halogens is 1. The lowest BCUT2D eigenvalue weighted by Gasteiger charge is -2.29. The molecular formula is C14H25FN4. The van der Waals surface area contributed by atoms with E-state index in [1.165, 1.54) is 6.20 Å². The molecule has 1 rings (SSSR count). The Morgan fingerprint density at radius 1 is 1.32 bits per heavy atom. The van der Waals surface area contributed by atoms with E-state index in [9.17, 15) is 4.39 Å². The molecule has 0 aliphatic carbocycles. The Bertz CT molecular complexity index is 393. The molecule has 0 spiro atoms. The van der Waals surface area contributed by atoms with Gasteiger partial charge in [0.1, 0.15) is 0 Å². The van der Waals surface area contributed by atoms with Gasteiger partial charge in [-0.1, -0.05) is 20.8 Å². The van der Waals surface area contributed by atoms with Gasteiger partial charge in [0.05, 0.1) is 6.20 Å². The minimum atomic E-state index is -0.364. The van der Waals surface area contributed by atoms with Crippen molar-refractivity contribution in [1.82, 2.24) is 9.97 Å². The smallest absolute Gasteiger partial charge is 0.224 e. The highest BCUT2D eigenvalue weighted by molar-refractivity contribution is 5.44. The maximum atomic E-state index is 14.0. The summed E-state index contributed by atoms with van der Waals surface area (Å²) in [6, 6.07) is 0.200. The molecule has 0 amide bonds. The summed E-state index contributed by atoms with van der Waals surface area (Å²) in [5.74, 6) is 0.963. The topological polar surface area (TPSA) is 41.1 Å². The molecular weight excluding hydrogens is 243 g/mol. The lowest BCUT2D eigenvalue weighted by molar-refractivity contribution is 0.539. The van der Waals surface area contributed by atoms with E-state index >= 15 is 0 Å². The zero-order valence-corrected chi connectivity index (χ0v) is 12.6. The molecule has 0 fully saturated rings. The van der Waals surface area contributed by atoms with Gasteiger partial charge >= 0.3 is 0 Å². The standard InChI is InChI=1S/C14H25FN4/c1-6-7-16-14-17-8-12(15)13(18-14)19(11(4)5)9-10(2)3/h8,10-11H,6-7,9H2,1-5H3,(H,16,17,18). The number of rotatable bonds is 7. The van der Waals surface area contributed by atoms with Crippen molar-refractivity contribution >= 4 is 11.8 Å². The van der Waals surface area contributed by atoms with Gasteiger partial charge in [-0.2, -0.15) is 4.98 Å².